The molecule has 4 rings (SSSR count). The van der Waals surface area contributed by atoms with Crippen LogP contribution in [0.2, 0.25) is 0 Å². The number of nitrogens with zero attached hydrogens (tertiary/aromatic N) is 2. The van der Waals surface area contributed by atoms with Crippen molar-refractivity contribution in [1.82, 2.24) is 14.9 Å². The molecule has 0 radical (unpaired) electrons. The summed E-state index contributed by atoms with van der Waals surface area (Å²) in [5.74, 6) is 0.814. The summed E-state index contributed by atoms with van der Waals surface area (Å²) in [5.41, 5.74) is 2.39. The number of benzene rings is 2. The molecule has 0 unspecified atom stereocenters. The monoisotopic (exact) mass is 393 g/mol. The molecule has 0 spiro atoms. The van der Waals surface area contributed by atoms with Crippen LogP contribution in [0, 0.1) is 12.8 Å². The van der Waals surface area contributed by atoms with Gasteiger partial charge in [-0.15, -0.1) is 0 Å². The number of rotatable bonds is 6. The van der Waals surface area contributed by atoms with Crippen molar-refractivity contribution < 1.29 is 4.79 Å². The van der Waals surface area contributed by atoms with Crippen molar-refractivity contribution in [2.45, 2.75) is 37.9 Å². The van der Waals surface area contributed by atoms with Gasteiger partial charge in [0.15, 0.2) is 5.16 Å². The number of nitrogens with one attached hydrogen (secondary N) is 1. The molecule has 0 bridgehead atoms. The Hall–Kier alpha value is -2.60. The van der Waals surface area contributed by atoms with E-state index in [1.807, 2.05) is 49.4 Å². The van der Waals surface area contributed by atoms with Crippen LogP contribution in [0.1, 0.15) is 25.3 Å². The predicted octanol–water partition coefficient (Wildman–Crippen LogP) is 3.70. The van der Waals surface area contributed by atoms with E-state index in [0.29, 0.717) is 22.0 Å². The van der Waals surface area contributed by atoms with Crippen LogP contribution in [0.25, 0.3) is 16.6 Å². The first kappa shape index (κ1) is 18.7. The highest BCUT2D eigenvalue weighted by molar-refractivity contribution is 7.99. The molecule has 1 fully saturated rings. The van der Waals surface area contributed by atoms with Gasteiger partial charge in [-0.1, -0.05) is 41.6 Å². The fraction of sp³-hybridized carbons (Fsp3) is 0.318. The number of carbonyl (C=O) groups excluding carboxylic acids is 1. The second-order valence-electron chi connectivity index (χ2n) is 7.37. The lowest BCUT2D eigenvalue weighted by Gasteiger charge is -2.15. The normalized spacial score (nSPS) is 14.8. The van der Waals surface area contributed by atoms with E-state index in [1.54, 1.807) is 10.6 Å². The summed E-state index contributed by atoms with van der Waals surface area (Å²) in [7, 11) is 0. The molecule has 1 heterocycles. The van der Waals surface area contributed by atoms with Crippen LogP contribution in [-0.2, 0) is 4.79 Å². The highest BCUT2D eigenvalue weighted by Crippen LogP contribution is 2.32. The number of thioether (sulfide) groups is 1. The maximum absolute atomic E-state index is 13.2. The summed E-state index contributed by atoms with van der Waals surface area (Å²) in [6, 6.07) is 15.3. The zero-order valence-electron chi connectivity index (χ0n) is 16.0. The van der Waals surface area contributed by atoms with Crippen LogP contribution >= 0.6 is 11.8 Å². The number of fused-ring (bicyclic) bond motifs is 1. The molecule has 1 saturated carbocycles. The Morgan fingerprint density at radius 1 is 1.21 bits per heavy atom. The molecule has 1 N–H and O–H groups in total. The third-order valence-electron chi connectivity index (χ3n) is 5.09. The molecular weight excluding hydrogens is 370 g/mol. The summed E-state index contributed by atoms with van der Waals surface area (Å²) in [6.45, 7) is 4.06. The number of carbonyl (C=O) groups is 1. The number of hydrogen-bond acceptors (Lipinski definition) is 4. The molecule has 0 aliphatic heterocycles. The molecule has 1 aliphatic carbocycles. The summed E-state index contributed by atoms with van der Waals surface area (Å²) in [5, 5.41) is 4.15. The number of para-hydroxylation sites is 1. The Morgan fingerprint density at radius 3 is 2.64 bits per heavy atom. The minimum Gasteiger partial charge on any atom is -0.353 e. The van der Waals surface area contributed by atoms with Crippen LogP contribution in [-0.4, -0.2) is 27.3 Å². The average molecular weight is 394 g/mol. The Morgan fingerprint density at radius 2 is 1.93 bits per heavy atom. The molecule has 28 heavy (non-hydrogen) atoms. The van der Waals surface area contributed by atoms with E-state index in [1.165, 1.54) is 24.6 Å². The van der Waals surface area contributed by atoms with Gasteiger partial charge >= 0.3 is 0 Å². The predicted molar refractivity (Wildman–Crippen MR) is 113 cm³/mol. The lowest BCUT2D eigenvalue weighted by molar-refractivity contribution is -0.119. The summed E-state index contributed by atoms with van der Waals surface area (Å²) < 4.78 is 1.60. The van der Waals surface area contributed by atoms with Gasteiger partial charge in [-0.3, -0.25) is 14.2 Å². The van der Waals surface area contributed by atoms with Gasteiger partial charge in [0.25, 0.3) is 5.56 Å². The Labute approximate surface area is 168 Å². The maximum atomic E-state index is 13.2. The van der Waals surface area contributed by atoms with E-state index in [0.717, 1.165) is 11.3 Å². The number of aromatic nitrogens is 2. The van der Waals surface area contributed by atoms with E-state index < -0.39 is 0 Å². The van der Waals surface area contributed by atoms with Gasteiger partial charge in [0.1, 0.15) is 0 Å². The lowest BCUT2D eigenvalue weighted by atomic mass is 10.2. The second kappa shape index (κ2) is 7.80. The summed E-state index contributed by atoms with van der Waals surface area (Å²) in [4.78, 5) is 30.2. The van der Waals surface area contributed by atoms with E-state index in [9.17, 15) is 9.59 Å². The maximum Gasteiger partial charge on any atom is 0.266 e. The molecule has 0 saturated heterocycles. The molecule has 144 valence electrons. The van der Waals surface area contributed by atoms with Gasteiger partial charge in [0.05, 0.1) is 22.3 Å². The van der Waals surface area contributed by atoms with Gasteiger partial charge in [0.2, 0.25) is 5.91 Å². The van der Waals surface area contributed by atoms with Crippen molar-refractivity contribution in [1.29, 1.82) is 0 Å². The number of hydrogen-bond donors (Lipinski definition) is 1. The zero-order chi connectivity index (χ0) is 19.7. The summed E-state index contributed by atoms with van der Waals surface area (Å²) in [6.07, 6.45) is 2.38. The average Bonchev–Trinajstić information content (AvgIpc) is 3.53. The second-order valence-corrected chi connectivity index (χ2v) is 8.31. The Bertz CT molecular complexity index is 1070. The van der Waals surface area contributed by atoms with E-state index in [2.05, 4.69) is 17.2 Å². The topological polar surface area (TPSA) is 64.0 Å². The van der Waals surface area contributed by atoms with Crippen molar-refractivity contribution in [3.8, 4) is 5.69 Å². The lowest BCUT2D eigenvalue weighted by Crippen LogP contribution is -2.35. The first-order chi connectivity index (χ1) is 13.5. The molecule has 5 nitrogen and oxygen atoms in total. The highest BCUT2D eigenvalue weighted by Gasteiger charge is 2.28. The van der Waals surface area contributed by atoms with E-state index >= 15 is 0 Å². The quantitative estimate of drug-likeness (QED) is 0.512. The van der Waals surface area contributed by atoms with Gasteiger partial charge in [-0.2, -0.15) is 0 Å². The fourth-order valence-corrected chi connectivity index (χ4v) is 4.09. The first-order valence-electron chi connectivity index (χ1n) is 9.54. The largest absolute Gasteiger partial charge is 0.353 e. The van der Waals surface area contributed by atoms with Crippen molar-refractivity contribution >= 4 is 28.6 Å². The molecule has 1 amide bonds. The van der Waals surface area contributed by atoms with Crippen LogP contribution in [0.15, 0.2) is 58.5 Å². The zero-order valence-corrected chi connectivity index (χ0v) is 16.8. The van der Waals surface area contributed by atoms with Crippen molar-refractivity contribution in [2.24, 2.45) is 5.92 Å². The van der Waals surface area contributed by atoms with E-state index in [4.69, 9.17) is 0 Å². The third-order valence-corrected chi connectivity index (χ3v) is 6.03. The third kappa shape index (κ3) is 3.97. The van der Waals surface area contributed by atoms with Crippen LogP contribution in [0.4, 0.5) is 0 Å². The molecular formula is C22H23N3O2S. The molecule has 2 aromatic carbocycles. The number of aryl methyl sites for hydroxylation is 1. The van der Waals surface area contributed by atoms with Crippen molar-refractivity contribution in [3.05, 3.63) is 64.4 Å². The number of amides is 1. The van der Waals surface area contributed by atoms with Crippen LogP contribution in [0.3, 0.4) is 0 Å². The van der Waals surface area contributed by atoms with Gasteiger partial charge < -0.3 is 5.32 Å². The Kier molecular flexibility index (Phi) is 5.22. The Balaban J connectivity index is 1.67. The molecule has 1 aliphatic rings. The SMILES string of the molecule is Cc1ccc(-n2c(SCC(=O)N[C@@H](C)C3CC3)nc3ccccc3c2=O)cc1. The minimum absolute atomic E-state index is 0.0257. The fourth-order valence-electron chi connectivity index (χ4n) is 3.27. The molecule has 6 heteroatoms. The van der Waals surface area contributed by atoms with Crippen LogP contribution in [0.5, 0.6) is 0 Å². The van der Waals surface area contributed by atoms with Gasteiger partial charge in [0, 0.05) is 6.04 Å². The molecule has 1 atom stereocenters. The van der Waals surface area contributed by atoms with Crippen molar-refractivity contribution in [3.63, 3.8) is 0 Å². The van der Waals surface area contributed by atoms with Crippen LogP contribution < -0.4 is 10.9 Å². The highest BCUT2D eigenvalue weighted by atomic mass is 32.2. The standard InChI is InChI=1S/C22H23N3O2S/c1-14-7-11-17(12-8-14)25-21(27)18-5-3-4-6-19(18)24-22(25)28-13-20(26)23-15(2)16-9-10-16/h3-8,11-12,15-16H,9-10,13H2,1-2H3,(H,23,26)/t15-/m0/s1. The minimum atomic E-state index is -0.122. The summed E-state index contributed by atoms with van der Waals surface area (Å²) >= 11 is 1.30. The smallest absolute Gasteiger partial charge is 0.266 e. The van der Waals surface area contributed by atoms with Gasteiger partial charge in [-0.25, -0.2) is 4.98 Å². The van der Waals surface area contributed by atoms with E-state index in [-0.39, 0.29) is 23.3 Å². The van der Waals surface area contributed by atoms with Crippen molar-refractivity contribution in [2.75, 3.05) is 5.75 Å². The molecule has 3 aromatic rings. The van der Waals surface area contributed by atoms with Gasteiger partial charge in [-0.05, 0) is 56.9 Å². The first-order valence-corrected chi connectivity index (χ1v) is 10.5. The molecule has 1 aromatic heterocycles.